The third-order valence-electron chi connectivity index (χ3n) is 5.62. The number of para-hydroxylation sites is 1. The monoisotopic (exact) mass is 521 g/mol. The number of benzene rings is 4. The van der Waals surface area contributed by atoms with Crippen molar-refractivity contribution in [2.24, 2.45) is 0 Å². The minimum atomic E-state index is -0.359. The molecule has 0 saturated carbocycles. The normalized spacial score (nSPS) is 10.5. The first kappa shape index (κ1) is 24.7. The van der Waals surface area contributed by atoms with E-state index in [4.69, 9.17) is 21.4 Å². The van der Waals surface area contributed by atoms with Gasteiger partial charge in [-0.1, -0.05) is 54.6 Å². The average Bonchev–Trinajstić information content (AvgIpc) is 3.38. The van der Waals surface area contributed by atoms with Gasteiger partial charge in [0.25, 0.3) is 11.8 Å². The first-order valence-corrected chi connectivity index (χ1v) is 12.2. The summed E-state index contributed by atoms with van der Waals surface area (Å²) in [6, 6.07) is 32.8. The molecule has 1 heterocycles. The van der Waals surface area contributed by atoms with Crippen LogP contribution in [0.5, 0.6) is 5.75 Å². The summed E-state index contributed by atoms with van der Waals surface area (Å²) in [4.78, 5) is 25.2. The third kappa shape index (κ3) is 6.24. The molecule has 3 N–H and O–H groups in total. The molecule has 0 atom stereocenters. The smallest absolute Gasteiger partial charge is 0.291 e. The summed E-state index contributed by atoms with van der Waals surface area (Å²) >= 11 is 5.30. The highest BCUT2D eigenvalue weighted by Crippen LogP contribution is 2.21. The Hall–Kier alpha value is -4.95. The average molecular weight is 522 g/mol. The van der Waals surface area contributed by atoms with E-state index in [1.54, 1.807) is 54.6 Å². The van der Waals surface area contributed by atoms with Gasteiger partial charge in [-0.25, -0.2) is 0 Å². The highest BCUT2D eigenvalue weighted by molar-refractivity contribution is 7.80. The highest BCUT2D eigenvalue weighted by Gasteiger charge is 2.13. The van der Waals surface area contributed by atoms with Gasteiger partial charge in [0.05, 0.1) is 0 Å². The maximum absolute atomic E-state index is 12.7. The van der Waals surface area contributed by atoms with Gasteiger partial charge in [0.1, 0.15) is 17.9 Å². The van der Waals surface area contributed by atoms with E-state index >= 15 is 0 Å². The fraction of sp³-hybridized carbons (Fsp3) is 0.0333. The van der Waals surface area contributed by atoms with Crippen LogP contribution in [0.1, 0.15) is 26.5 Å². The summed E-state index contributed by atoms with van der Waals surface area (Å²) in [6.07, 6.45) is 0. The van der Waals surface area contributed by atoms with E-state index in [-0.39, 0.29) is 22.7 Å². The Morgan fingerprint density at radius 3 is 2.21 bits per heavy atom. The van der Waals surface area contributed by atoms with Gasteiger partial charge in [-0.3, -0.25) is 14.9 Å². The van der Waals surface area contributed by atoms with Crippen molar-refractivity contribution < 1.29 is 18.7 Å². The number of furan rings is 1. The number of fused-ring (bicyclic) bond motifs is 1. The Kier molecular flexibility index (Phi) is 7.42. The number of amides is 2. The number of carbonyl (C=O) groups is 2. The number of rotatable bonds is 7. The van der Waals surface area contributed by atoms with Gasteiger partial charge >= 0.3 is 0 Å². The second-order valence-electron chi connectivity index (χ2n) is 8.39. The Morgan fingerprint density at radius 1 is 0.737 bits per heavy atom. The van der Waals surface area contributed by atoms with Crippen LogP contribution < -0.4 is 20.7 Å². The molecule has 0 spiro atoms. The van der Waals surface area contributed by atoms with E-state index in [0.717, 1.165) is 10.9 Å². The maximum atomic E-state index is 12.7. The molecule has 0 bridgehead atoms. The third-order valence-corrected chi connectivity index (χ3v) is 5.83. The van der Waals surface area contributed by atoms with E-state index < -0.39 is 0 Å². The van der Waals surface area contributed by atoms with Crippen LogP contribution in [-0.2, 0) is 6.61 Å². The van der Waals surface area contributed by atoms with Crippen molar-refractivity contribution in [2.75, 3.05) is 10.6 Å². The molecule has 2 amide bonds. The fourth-order valence-corrected chi connectivity index (χ4v) is 3.94. The molecule has 1 aromatic heterocycles. The number of carbonyl (C=O) groups excluding carboxylic acids is 2. The molecule has 0 unspecified atom stereocenters. The Bertz CT molecular complexity index is 1560. The molecule has 0 aliphatic rings. The Labute approximate surface area is 224 Å². The second-order valence-corrected chi connectivity index (χ2v) is 8.80. The molecule has 4 aromatic carbocycles. The van der Waals surface area contributed by atoms with E-state index in [2.05, 4.69) is 16.0 Å². The number of nitrogens with one attached hydrogen (secondary N) is 3. The van der Waals surface area contributed by atoms with Gasteiger partial charge in [0.2, 0.25) is 0 Å². The molecule has 0 aliphatic heterocycles. The zero-order chi connectivity index (χ0) is 26.3. The maximum Gasteiger partial charge on any atom is 0.291 e. The van der Waals surface area contributed by atoms with Crippen molar-refractivity contribution >= 4 is 51.5 Å². The van der Waals surface area contributed by atoms with Crippen LogP contribution in [0.4, 0.5) is 11.4 Å². The lowest BCUT2D eigenvalue weighted by molar-refractivity contribution is 0.0974. The molecule has 0 saturated heterocycles. The first-order valence-electron chi connectivity index (χ1n) is 11.8. The number of thiocarbonyl (C=S) groups is 1. The van der Waals surface area contributed by atoms with Crippen LogP contribution in [0.2, 0.25) is 0 Å². The van der Waals surface area contributed by atoms with Gasteiger partial charge in [0, 0.05) is 22.3 Å². The SMILES string of the molecule is O=C(NC(=S)Nc1ccc(NC(=O)c2cc3ccccc3o2)cc1)c1cccc(OCc2ccccc2)c1. The van der Waals surface area contributed by atoms with Crippen molar-refractivity contribution in [3.8, 4) is 5.75 Å². The number of anilines is 2. The topological polar surface area (TPSA) is 92.6 Å². The summed E-state index contributed by atoms with van der Waals surface area (Å²) in [6.45, 7) is 0.403. The van der Waals surface area contributed by atoms with E-state index in [9.17, 15) is 9.59 Å². The van der Waals surface area contributed by atoms with Gasteiger partial charge in [0.15, 0.2) is 10.9 Å². The summed E-state index contributed by atoms with van der Waals surface area (Å²) in [5, 5.41) is 9.45. The summed E-state index contributed by atoms with van der Waals surface area (Å²) in [7, 11) is 0. The van der Waals surface area contributed by atoms with Gasteiger partial charge in [-0.05, 0) is 72.4 Å². The minimum Gasteiger partial charge on any atom is -0.489 e. The van der Waals surface area contributed by atoms with Gasteiger partial charge < -0.3 is 19.8 Å². The zero-order valence-corrected chi connectivity index (χ0v) is 21.0. The predicted octanol–water partition coefficient (Wildman–Crippen LogP) is 6.39. The molecule has 0 aliphatic carbocycles. The van der Waals surface area contributed by atoms with Gasteiger partial charge in [-0.15, -0.1) is 0 Å². The molecule has 0 fully saturated rings. The van der Waals surface area contributed by atoms with E-state index in [0.29, 0.717) is 34.9 Å². The number of hydrogen-bond acceptors (Lipinski definition) is 5. The van der Waals surface area contributed by atoms with E-state index in [1.807, 2.05) is 54.6 Å². The van der Waals surface area contributed by atoms with Crippen LogP contribution >= 0.6 is 12.2 Å². The van der Waals surface area contributed by atoms with Crippen molar-refractivity contribution in [3.05, 3.63) is 126 Å². The number of hydrogen-bond donors (Lipinski definition) is 3. The second kappa shape index (κ2) is 11.4. The Morgan fingerprint density at radius 2 is 1.45 bits per heavy atom. The van der Waals surface area contributed by atoms with Crippen LogP contribution in [0.3, 0.4) is 0 Å². The molecule has 8 heteroatoms. The summed E-state index contributed by atoms with van der Waals surface area (Å²) < 4.78 is 11.4. The molecule has 188 valence electrons. The van der Waals surface area contributed by atoms with Crippen LogP contribution in [0.25, 0.3) is 11.0 Å². The molecule has 5 aromatic rings. The van der Waals surface area contributed by atoms with Gasteiger partial charge in [-0.2, -0.15) is 0 Å². The van der Waals surface area contributed by atoms with Crippen LogP contribution in [0.15, 0.2) is 114 Å². The van der Waals surface area contributed by atoms with Crippen molar-refractivity contribution in [1.29, 1.82) is 0 Å². The van der Waals surface area contributed by atoms with Crippen LogP contribution in [-0.4, -0.2) is 16.9 Å². The quantitative estimate of drug-likeness (QED) is 0.215. The van der Waals surface area contributed by atoms with E-state index in [1.165, 1.54) is 0 Å². The first-order chi connectivity index (χ1) is 18.5. The van der Waals surface area contributed by atoms with Crippen LogP contribution in [0, 0.1) is 0 Å². The lowest BCUT2D eigenvalue weighted by Crippen LogP contribution is -2.34. The summed E-state index contributed by atoms with van der Waals surface area (Å²) in [5.41, 5.74) is 3.34. The zero-order valence-electron chi connectivity index (χ0n) is 20.1. The summed E-state index contributed by atoms with van der Waals surface area (Å²) in [5.74, 6) is 0.106. The Balaban J connectivity index is 1.13. The standard InChI is InChI=1S/C30H23N3O4S/c34-28(22-10-6-11-25(17-22)36-19-20-7-2-1-3-8-20)33-30(38)32-24-15-13-23(14-16-24)31-29(35)27-18-21-9-4-5-12-26(21)37-27/h1-18H,19H2,(H,31,35)(H2,32,33,34,38). The minimum absolute atomic E-state index is 0.143. The predicted molar refractivity (Wildman–Crippen MR) is 152 cm³/mol. The number of ether oxygens (including phenoxy) is 1. The molecule has 38 heavy (non-hydrogen) atoms. The fourth-order valence-electron chi connectivity index (χ4n) is 3.73. The molecule has 7 nitrogen and oxygen atoms in total. The molecular weight excluding hydrogens is 498 g/mol. The molecule has 5 rings (SSSR count). The van der Waals surface area contributed by atoms with Crippen molar-refractivity contribution in [1.82, 2.24) is 5.32 Å². The van der Waals surface area contributed by atoms with Crippen molar-refractivity contribution in [2.45, 2.75) is 6.61 Å². The molecule has 0 radical (unpaired) electrons. The largest absolute Gasteiger partial charge is 0.489 e. The molecular formula is C30H23N3O4S. The highest BCUT2D eigenvalue weighted by atomic mass is 32.1. The van der Waals surface area contributed by atoms with Crippen molar-refractivity contribution in [3.63, 3.8) is 0 Å². The lowest BCUT2D eigenvalue weighted by atomic mass is 10.2. The lowest BCUT2D eigenvalue weighted by Gasteiger charge is -2.11.